The normalized spacial score (nSPS) is 24.7. The van der Waals surface area contributed by atoms with E-state index in [2.05, 4.69) is 39.6 Å². The molecule has 1 aromatic heterocycles. The monoisotopic (exact) mass is 623 g/mol. The summed E-state index contributed by atoms with van der Waals surface area (Å²) in [5, 5.41) is 10.1. The van der Waals surface area contributed by atoms with Gasteiger partial charge in [0.25, 0.3) is 5.91 Å². The Labute approximate surface area is 261 Å². The van der Waals surface area contributed by atoms with Gasteiger partial charge in [-0.1, -0.05) is 12.0 Å². The molecule has 2 unspecified atom stereocenters. The minimum Gasteiger partial charge on any atom is -0.495 e. The Kier molecular flexibility index (Phi) is 8.63. The van der Waals surface area contributed by atoms with Gasteiger partial charge in [0.05, 0.1) is 42.8 Å². The van der Waals surface area contributed by atoms with Crippen molar-refractivity contribution in [3.63, 3.8) is 0 Å². The van der Waals surface area contributed by atoms with Gasteiger partial charge in [0.15, 0.2) is 0 Å². The lowest BCUT2D eigenvalue weighted by Gasteiger charge is -2.55. The minimum absolute atomic E-state index is 0.161. The maximum Gasteiger partial charge on any atom is 0.406 e. The summed E-state index contributed by atoms with van der Waals surface area (Å²) in [5.41, 5.74) is 2.85. The molecule has 3 aromatic rings. The summed E-state index contributed by atoms with van der Waals surface area (Å²) in [7, 11) is 3.05. The number of nitrogens with zero attached hydrogens (tertiary/aromatic N) is 2. The highest BCUT2D eigenvalue weighted by molar-refractivity contribution is 5.95. The fourth-order valence-electron chi connectivity index (χ4n) is 6.98. The van der Waals surface area contributed by atoms with Gasteiger partial charge in [-0.15, -0.1) is 0 Å². The lowest BCUT2D eigenvalue weighted by atomic mass is 9.77. The summed E-state index contributed by atoms with van der Waals surface area (Å²) in [4.78, 5) is 14.6. The highest BCUT2D eigenvalue weighted by Crippen LogP contribution is 2.40. The zero-order chi connectivity index (χ0) is 31.8. The molecule has 2 atom stereocenters. The Bertz CT molecular complexity index is 1600. The number of benzene rings is 2. The maximum absolute atomic E-state index is 13.7. The van der Waals surface area contributed by atoms with E-state index in [1.807, 2.05) is 6.07 Å². The molecular formula is C34H40F3N5O3. The first-order chi connectivity index (χ1) is 21.5. The van der Waals surface area contributed by atoms with Crippen LogP contribution in [0.4, 0.5) is 24.5 Å². The second-order valence-corrected chi connectivity index (χ2v) is 12.6. The molecule has 0 spiro atoms. The second-order valence-electron chi connectivity index (χ2n) is 12.6. The number of morpholine rings is 1. The molecule has 11 heteroatoms. The molecule has 2 bridgehead atoms. The molecule has 4 fully saturated rings. The number of nitrogens with one attached hydrogen (secondary N) is 3. The maximum atomic E-state index is 13.7. The fraction of sp³-hybridized carbons (Fsp3) is 0.500. The number of ether oxygens (including phenoxy) is 2. The van der Waals surface area contributed by atoms with Crippen LogP contribution in [0.3, 0.4) is 0 Å². The summed E-state index contributed by atoms with van der Waals surface area (Å²) in [6.07, 6.45) is 1.66. The molecule has 2 aromatic carbocycles. The SMILES string of the molecule is CNC(=O)c1ccc(NCC#Cc2cc3c(NC4CCC(C)(N5CC6CC(C5)O6)CC4)cccc3n2CC(F)(F)F)c(OC)c1. The van der Waals surface area contributed by atoms with Gasteiger partial charge in [-0.3, -0.25) is 9.69 Å². The number of amides is 1. The van der Waals surface area contributed by atoms with Crippen LogP contribution < -0.4 is 20.7 Å². The van der Waals surface area contributed by atoms with Crippen molar-refractivity contribution >= 4 is 28.2 Å². The first-order valence-corrected chi connectivity index (χ1v) is 15.5. The standard InChI is InChI=1S/C34H40F3N5O3/c1-33(41-19-25-18-26(20-41)45-25)13-11-23(12-14-33)40-28-7-4-8-30-27(28)17-24(42(30)21-34(35,36)37)6-5-15-39-29-10-9-22(32(43)38-2)16-31(29)44-3/h4,7-10,16-17,23,25-26,39-40H,11-15,18-21H2,1-3H3,(H,38,43). The Hall–Kier alpha value is -3.88. The van der Waals surface area contributed by atoms with Gasteiger partial charge in [-0.2, -0.15) is 13.2 Å². The third-order valence-corrected chi connectivity index (χ3v) is 9.50. The average molecular weight is 624 g/mol. The number of hydrogen-bond acceptors (Lipinski definition) is 6. The average Bonchev–Trinajstić information content (AvgIpc) is 3.36. The van der Waals surface area contributed by atoms with E-state index >= 15 is 0 Å². The molecule has 8 nitrogen and oxygen atoms in total. The molecule has 3 aliphatic heterocycles. The number of aromatic nitrogens is 1. The second kappa shape index (κ2) is 12.5. The minimum atomic E-state index is -4.40. The van der Waals surface area contributed by atoms with E-state index in [0.717, 1.165) is 49.8 Å². The van der Waals surface area contributed by atoms with Crippen LogP contribution in [0.5, 0.6) is 5.75 Å². The van der Waals surface area contributed by atoms with E-state index in [0.29, 0.717) is 40.4 Å². The van der Waals surface area contributed by atoms with E-state index in [-0.39, 0.29) is 24.0 Å². The zero-order valence-electron chi connectivity index (χ0n) is 25.9. The van der Waals surface area contributed by atoms with E-state index in [4.69, 9.17) is 9.47 Å². The van der Waals surface area contributed by atoms with Crippen LogP contribution >= 0.6 is 0 Å². The number of rotatable bonds is 8. The van der Waals surface area contributed by atoms with Crippen LogP contribution in [0.25, 0.3) is 10.9 Å². The summed E-state index contributed by atoms with van der Waals surface area (Å²) < 4.78 is 53.6. The van der Waals surface area contributed by atoms with E-state index in [9.17, 15) is 18.0 Å². The number of halogens is 3. The number of fused-ring (bicyclic) bond motifs is 3. The number of anilines is 2. The predicted octanol–water partition coefficient (Wildman–Crippen LogP) is 5.62. The van der Waals surface area contributed by atoms with Gasteiger partial charge < -0.3 is 30.0 Å². The van der Waals surface area contributed by atoms with E-state index < -0.39 is 12.7 Å². The Morgan fingerprint density at radius 1 is 1.11 bits per heavy atom. The lowest BCUT2D eigenvalue weighted by Crippen LogP contribution is -2.64. The van der Waals surface area contributed by atoms with Crippen molar-refractivity contribution in [2.75, 3.05) is 44.4 Å². The molecular weight excluding hydrogens is 583 g/mol. The first kappa shape index (κ1) is 31.1. The van der Waals surface area contributed by atoms with Crippen LogP contribution in [0, 0.1) is 11.8 Å². The smallest absolute Gasteiger partial charge is 0.406 e. The summed E-state index contributed by atoms with van der Waals surface area (Å²) in [6.45, 7) is 3.42. The van der Waals surface area contributed by atoms with Gasteiger partial charge in [-0.05, 0) is 74.9 Å². The predicted molar refractivity (Wildman–Crippen MR) is 169 cm³/mol. The summed E-state index contributed by atoms with van der Waals surface area (Å²) in [6, 6.07) is 12.4. The number of carbonyl (C=O) groups excluding carboxylic acids is 1. The van der Waals surface area contributed by atoms with Gasteiger partial charge in [0.1, 0.15) is 12.3 Å². The fourth-order valence-corrected chi connectivity index (χ4v) is 6.98. The van der Waals surface area contributed by atoms with Crippen molar-refractivity contribution in [1.29, 1.82) is 0 Å². The van der Waals surface area contributed by atoms with Crippen LogP contribution in [-0.2, 0) is 11.3 Å². The van der Waals surface area contributed by atoms with Gasteiger partial charge in [0.2, 0.25) is 0 Å². The molecule has 240 valence electrons. The number of piperidine rings is 1. The zero-order valence-corrected chi connectivity index (χ0v) is 25.9. The van der Waals surface area contributed by atoms with Gasteiger partial charge in [-0.25, -0.2) is 0 Å². The molecule has 3 N–H and O–H groups in total. The first-order valence-electron chi connectivity index (χ1n) is 15.5. The van der Waals surface area contributed by atoms with Crippen molar-refractivity contribution < 1.29 is 27.4 Å². The Balaban J connectivity index is 1.17. The molecule has 7 rings (SSSR count). The molecule has 4 heterocycles. The number of carbonyl (C=O) groups is 1. The third-order valence-electron chi connectivity index (χ3n) is 9.50. The van der Waals surface area contributed by atoms with E-state index in [1.165, 1.54) is 18.1 Å². The third kappa shape index (κ3) is 6.72. The van der Waals surface area contributed by atoms with Crippen LogP contribution in [0.15, 0.2) is 42.5 Å². The Morgan fingerprint density at radius 2 is 1.84 bits per heavy atom. The highest BCUT2D eigenvalue weighted by atomic mass is 19.4. The van der Waals surface area contributed by atoms with Crippen molar-refractivity contribution in [2.45, 2.75) is 75.5 Å². The number of hydrogen-bond donors (Lipinski definition) is 3. The van der Waals surface area contributed by atoms with Gasteiger partial charge >= 0.3 is 6.18 Å². The lowest BCUT2D eigenvalue weighted by molar-refractivity contribution is -0.201. The molecule has 3 saturated heterocycles. The van der Waals surface area contributed by atoms with Crippen molar-refractivity contribution in [3.8, 4) is 17.6 Å². The quantitative estimate of drug-likeness (QED) is 0.283. The van der Waals surface area contributed by atoms with Crippen molar-refractivity contribution in [2.24, 2.45) is 0 Å². The summed E-state index contributed by atoms with van der Waals surface area (Å²) >= 11 is 0. The number of methoxy groups -OCH3 is 1. The topological polar surface area (TPSA) is 79.8 Å². The van der Waals surface area contributed by atoms with Crippen LogP contribution in [-0.4, -0.2) is 79.1 Å². The number of alkyl halides is 3. The molecule has 1 amide bonds. The molecule has 4 aliphatic rings. The molecule has 45 heavy (non-hydrogen) atoms. The van der Waals surface area contributed by atoms with Crippen LogP contribution in [0.1, 0.15) is 55.1 Å². The Morgan fingerprint density at radius 3 is 2.51 bits per heavy atom. The van der Waals surface area contributed by atoms with Crippen molar-refractivity contribution in [3.05, 3.63) is 53.7 Å². The highest BCUT2D eigenvalue weighted by Gasteiger charge is 2.46. The van der Waals surface area contributed by atoms with E-state index in [1.54, 1.807) is 43.4 Å². The molecule has 0 radical (unpaired) electrons. The molecule has 1 saturated carbocycles. The van der Waals surface area contributed by atoms with Crippen molar-refractivity contribution in [1.82, 2.24) is 14.8 Å². The largest absolute Gasteiger partial charge is 0.495 e. The van der Waals surface area contributed by atoms with Gasteiger partial charge in [0, 0.05) is 54.8 Å². The van der Waals surface area contributed by atoms with Crippen LogP contribution in [0.2, 0.25) is 0 Å². The summed E-state index contributed by atoms with van der Waals surface area (Å²) in [5.74, 6) is 6.15. The molecule has 1 aliphatic carbocycles.